The molecule has 0 bridgehead atoms. The molecule has 214 valence electrons. The Bertz CT molecular complexity index is 1600. The van der Waals surface area contributed by atoms with Gasteiger partial charge in [0.15, 0.2) is 0 Å². The first-order valence-electron chi connectivity index (χ1n) is 13.4. The van der Waals surface area contributed by atoms with Gasteiger partial charge in [0.05, 0.1) is 30.3 Å². The highest BCUT2D eigenvalue weighted by atomic mass is 32.1. The zero-order chi connectivity index (χ0) is 29.9. The fourth-order valence-corrected chi connectivity index (χ4v) is 5.64. The molecule has 0 fully saturated rings. The summed E-state index contributed by atoms with van der Waals surface area (Å²) in [4.78, 5) is 28.9. The van der Waals surface area contributed by atoms with E-state index in [2.05, 4.69) is 22.5 Å². The number of nitrogens with one attached hydrogen (secondary N) is 3. The van der Waals surface area contributed by atoms with Gasteiger partial charge in [-0.05, 0) is 89.9 Å². The molecule has 3 N–H and O–H groups in total. The molecule has 7 nitrogen and oxygen atoms in total. The topological polar surface area (TPSA) is 96.5 Å². The van der Waals surface area contributed by atoms with Crippen LogP contribution in [0.3, 0.4) is 0 Å². The molecule has 0 saturated heterocycles. The van der Waals surface area contributed by atoms with E-state index in [0.29, 0.717) is 44.5 Å². The second kappa shape index (κ2) is 12.1. The number of hydrogen-bond acceptors (Lipinski definition) is 6. The van der Waals surface area contributed by atoms with Crippen LogP contribution in [0.5, 0.6) is 0 Å². The lowest BCUT2D eigenvalue weighted by Gasteiger charge is -2.25. The zero-order valence-corrected chi connectivity index (χ0v) is 25.5. The predicted octanol–water partition coefficient (Wildman–Crippen LogP) is 8.02. The van der Waals surface area contributed by atoms with E-state index in [0.717, 1.165) is 21.6 Å². The molecule has 0 saturated carbocycles. The van der Waals surface area contributed by atoms with Crippen molar-refractivity contribution in [3.63, 3.8) is 0 Å². The molecule has 0 aliphatic carbocycles. The van der Waals surface area contributed by atoms with Crippen LogP contribution in [0.25, 0.3) is 5.57 Å². The summed E-state index contributed by atoms with van der Waals surface area (Å²) in [6.45, 7) is 18.2. The Morgan fingerprint density at radius 3 is 2.29 bits per heavy atom. The van der Waals surface area contributed by atoms with E-state index in [1.165, 1.54) is 11.3 Å². The Morgan fingerprint density at radius 1 is 1.00 bits per heavy atom. The van der Waals surface area contributed by atoms with Crippen molar-refractivity contribution in [2.75, 3.05) is 10.6 Å². The van der Waals surface area contributed by atoms with Gasteiger partial charge in [0.1, 0.15) is 16.4 Å². The molecule has 0 unspecified atom stereocenters. The number of furan rings is 2. The maximum atomic E-state index is 14.0. The van der Waals surface area contributed by atoms with Crippen LogP contribution in [0.2, 0.25) is 0 Å². The molecular weight excluding hydrogens is 534 g/mol. The number of hydrogen-bond donors (Lipinski definition) is 3. The second-order valence-corrected chi connectivity index (χ2v) is 12.4. The molecular formula is C33H37N3O4S. The fraction of sp³-hybridized carbons (Fsp3) is 0.273. The summed E-state index contributed by atoms with van der Waals surface area (Å²) in [6, 6.07) is 13.1. The van der Waals surface area contributed by atoms with Gasteiger partial charge < -0.3 is 24.8 Å². The van der Waals surface area contributed by atoms with Gasteiger partial charge in [-0.2, -0.15) is 0 Å². The van der Waals surface area contributed by atoms with Gasteiger partial charge in [-0.3, -0.25) is 9.59 Å². The van der Waals surface area contributed by atoms with E-state index in [-0.39, 0.29) is 18.4 Å². The standard InChI is InChI=1S/C33H37N3O4S/c1-19(2)26(31(37)35-24-14-13-20(3)17-21(24)4)28(25-12-10-16-40-25)27-22(5)41-30(29(27)36-33(6,7)8)32(38)34-18-23-11-9-15-39-23/h9-17,36H,1,18H2,2-8H3,(H,34,38)(H,35,37)/b28-26+. The highest BCUT2D eigenvalue weighted by Gasteiger charge is 2.31. The second-order valence-electron chi connectivity index (χ2n) is 11.2. The van der Waals surface area contributed by atoms with Crippen molar-refractivity contribution in [3.05, 3.63) is 111 Å². The van der Waals surface area contributed by atoms with Gasteiger partial charge in [0.2, 0.25) is 0 Å². The van der Waals surface area contributed by atoms with Gasteiger partial charge in [0, 0.05) is 27.2 Å². The average Bonchev–Trinajstić information content (AvgIpc) is 3.64. The van der Waals surface area contributed by atoms with Gasteiger partial charge >= 0.3 is 0 Å². The van der Waals surface area contributed by atoms with Gasteiger partial charge in [-0.15, -0.1) is 11.3 Å². The third-order valence-corrected chi connectivity index (χ3v) is 7.45. The lowest BCUT2D eigenvalue weighted by molar-refractivity contribution is -0.112. The van der Waals surface area contributed by atoms with Crippen molar-refractivity contribution in [3.8, 4) is 0 Å². The first-order valence-corrected chi connectivity index (χ1v) is 14.2. The van der Waals surface area contributed by atoms with E-state index in [1.807, 2.05) is 71.9 Å². The van der Waals surface area contributed by atoms with Crippen LogP contribution in [0.4, 0.5) is 11.4 Å². The van der Waals surface area contributed by atoms with E-state index in [9.17, 15) is 9.59 Å². The Balaban J connectivity index is 1.90. The van der Waals surface area contributed by atoms with Crippen molar-refractivity contribution >= 4 is 40.1 Å². The monoisotopic (exact) mass is 571 g/mol. The first kappa shape index (κ1) is 29.7. The smallest absolute Gasteiger partial charge is 0.263 e. The minimum atomic E-state index is -0.392. The summed E-state index contributed by atoms with van der Waals surface area (Å²) in [5, 5.41) is 9.58. The summed E-state index contributed by atoms with van der Waals surface area (Å²) in [5.41, 5.74) is 5.24. The molecule has 0 aliphatic heterocycles. The average molecular weight is 572 g/mol. The third-order valence-electron chi connectivity index (χ3n) is 6.35. The number of aryl methyl sites for hydroxylation is 3. The van der Waals surface area contributed by atoms with E-state index in [4.69, 9.17) is 8.83 Å². The Labute approximate surface area is 245 Å². The predicted molar refractivity (Wildman–Crippen MR) is 166 cm³/mol. The largest absolute Gasteiger partial charge is 0.467 e. The van der Waals surface area contributed by atoms with Crippen molar-refractivity contribution in [2.24, 2.45) is 0 Å². The molecule has 0 aliphatic rings. The molecule has 3 heterocycles. The fourth-order valence-electron chi connectivity index (χ4n) is 4.61. The molecule has 4 rings (SSSR count). The summed E-state index contributed by atoms with van der Waals surface area (Å²) >= 11 is 1.36. The number of rotatable bonds is 9. The first-order chi connectivity index (χ1) is 19.4. The zero-order valence-electron chi connectivity index (χ0n) is 24.7. The lowest BCUT2D eigenvalue weighted by atomic mass is 9.91. The summed E-state index contributed by atoms with van der Waals surface area (Å²) in [7, 11) is 0. The number of benzene rings is 1. The molecule has 4 aromatic rings. The normalized spacial score (nSPS) is 12.1. The molecule has 0 radical (unpaired) electrons. The molecule has 0 spiro atoms. The van der Waals surface area contributed by atoms with Gasteiger partial charge in [-0.1, -0.05) is 24.3 Å². The summed E-state index contributed by atoms with van der Waals surface area (Å²) < 4.78 is 11.3. The van der Waals surface area contributed by atoms with Crippen molar-refractivity contribution in [2.45, 2.75) is 60.5 Å². The highest BCUT2D eigenvalue weighted by Crippen LogP contribution is 2.44. The van der Waals surface area contributed by atoms with Crippen LogP contribution in [-0.2, 0) is 11.3 Å². The maximum Gasteiger partial charge on any atom is 0.263 e. The van der Waals surface area contributed by atoms with Crippen molar-refractivity contribution in [1.82, 2.24) is 5.32 Å². The number of amides is 2. The minimum Gasteiger partial charge on any atom is -0.467 e. The van der Waals surface area contributed by atoms with Gasteiger partial charge in [-0.25, -0.2) is 0 Å². The number of carbonyl (C=O) groups is 2. The molecule has 3 aromatic heterocycles. The molecule has 8 heteroatoms. The maximum absolute atomic E-state index is 14.0. The van der Waals surface area contributed by atoms with E-state index < -0.39 is 5.54 Å². The quantitative estimate of drug-likeness (QED) is 0.140. The molecule has 2 amide bonds. The van der Waals surface area contributed by atoms with E-state index >= 15 is 0 Å². The molecule has 0 atom stereocenters. The summed E-state index contributed by atoms with van der Waals surface area (Å²) in [5.74, 6) is 0.593. The summed E-state index contributed by atoms with van der Waals surface area (Å²) in [6.07, 6.45) is 3.15. The van der Waals surface area contributed by atoms with Crippen LogP contribution in [0, 0.1) is 20.8 Å². The van der Waals surface area contributed by atoms with Crippen LogP contribution >= 0.6 is 11.3 Å². The minimum absolute atomic E-state index is 0.247. The van der Waals surface area contributed by atoms with Crippen LogP contribution in [-0.4, -0.2) is 17.4 Å². The molecule has 1 aromatic carbocycles. The van der Waals surface area contributed by atoms with Crippen LogP contribution in [0.15, 0.2) is 81.6 Å². The molecule has 41 heavy (non-hydrogen) atoms. The Kier molecular flexibility index (Phi) is 8.73. The SMILES string of the molecule is C=C(C)/C(C(=O)Nc1ccc(C)cc1C)=C(/c1ccco1)c1c(C)sc(C(=O)NCc2ccco2)c1NC(C)(C)C. The van der Waals surface area contributed by atoms with Crippen LogP contribution in [0.1, 0.15) is 70.5 Å². The highest BCUT2D eigenvalue weighted by molar-refractivity contribution is 7.15. The number of carbonyl (C=O) groups excluding carboxylic acids is 2. The van der Waals surface area contributed by atoms with Crippen molar-refractivity contribution < 1.29 is 18.4 Å². The lowest BCUT2D eigenvalue weighted by Crippen LogP contribution is -2.29. The number of thiophene rings is 1. The van der Waals surface area contributed by atoms with Gasteiger partial charge in [0.25, 0.3) is 11.8 Å². The third kappa shape index (κ3) is 6.89. The van der Waals surface area contributed by atoms with Crippen LogP contribution < -0.4 is 16.0 Å². The Morgan fingerprint density at radius 2 is 1.71 bits per heavy atom. The Hall–Kier alpha value is -4.30. The van der Waals surface area contributed by atoms with E-state index in [1.54, 1.807) is 31.6 Å². The number of anilines is 2. The van der Waals surface area contributed by atoms with Crippen molar-refractivity contribution in [1.29, 1.82) is 0 Å².